The summed E-state index contributed by atoms with van der Waals surface area (Å²) in [6, 6.07) is 4.42. The van der Waals surface area contributed by atoms with E-state index in [4.69, 9.17) is 0 Å². The maximum atomic E-state index is 12.5. The molecule has 1 heterocycles. The van der Waals surface area contributed by atoms with Gasteiger partial charge in [0.15, 0.2) is 0 Å². The third-order valence-electron chi connectivity index (χ3n) is 3.87. The SMILES string of the molecule is CNC(=O)C[C@H]1CCN(C(=O)c2ccc(NC(C)=O)cc2O)C1. The Morgan fingerprint density at radius 1 is 1.35 bits per heavy atom. The van der Waals surface area contributed by atoms with Crippen molar-refractivity contribution in [2.75, 3.05) is 25.5 Å². The van der Waals surface area contributed by atoms with E-state index in [9.17, 15) is 19.5 Å². The number of hydrogen-bond donors (Lipinski definition) is 3. The molecule has 0 spiro atoms. The van der Waals surface area contributed by atoms with E-state index in [0.717, 1.165) is 6.42 Å². The summed E-state index contributed by atoms with van der Waals surface area (Å²) in [6.07, 6.45) is 1.16. The van der Waals surface area contributed by atoms with Crippen LogP contribution in [0, 0.1) is 5.92 Å². The molecular formula is C16H21N3O4. The summed E-state index contributed by atoms with van der Waals surface area (Å²) in [5, 5.41) is 15.2. The van der Waals surface area contributed by atoms with Crippen LogP contribution in [0.1, 0.15) is 30.1 Å². The second-order valence-corrected chi connectivity index (χ2v) is 5.70. The molecule has 1 fully saturated rings. The summed E-state index contributed by atoms with van der Waals surface area (Å²) in [6.45, 7) is 2.43. The highest BCUT2D eigenvalue weighted by Gasteiger charge is 2.29. The molecule has 0 aromatic heterocycles. The number of carbonyl (C=O) groups is 3. The van der Waals surface area contributed by atoms with Gasteiger partial charge in [0.25, 0.3) is 5.91 Å². The van der Waals surface area contributed by atoms with Crippen LogP contribution in [-0.2, 0) is 9.59 Å². The molecule has 3 amide bonds. The summed E-state index contributed by atoms with van der Waals surface area (Å²) < 4.78 is 0. The third-order valence-corrected chi connectivity index (χ3v) is 3.87. The van der Waals surface area contributed by atoms with Crippen molar-refractivity contribution < 1.29 is 19.5 Å². The first-order chi connectivity index (χ1) is 10.9. The Kier molecular flexibility index (Phi) is 5.20. The Morgan fingerprint density at radius 3 is 2.70 bits per heavy atom. The Labute approximate surface area is 134 Å². The lowest BCUT2D eigenvalue weighted by Crippen LogP contribution is -2.29. The van der Waals surface area contributed by atoms with Crippen LogP contribution in [-0.4, -0.2) is 47.9 Å². The van der Waals surface area contributed by atoms with Crippen LogP contribution < -0.4 is 10.6 Å². The van der Waals surface area contributed by atoms with E-state index in [-0.39, 0.29) is 35.0 Å². The number of phenols is 1. The lowest BCUT2D eigenvalue weighted by molar-refractivity contribution is -0.121. The number of likely N-dealkylation sites (tertiary alicyclic amines) is 1. The maximum absolute atomic E-state index is 12.5. The minimum absolute atomic E-state index is 0.0354. The molecule has 1 saturated heterocycles. The average molecular weight is 319 g/mol. The van der Waals surface area contributed by atoms with Crippen LogP contribution in [0.2, 0.25) is 0 Å². The lowest BCUT2D eigenvalue weighted by atomic mass is 10.0. The van der Waals surface area contributed by atoms with Crippen LogP contribution in [0.3, 0.4) is 0 Å². The summed E-state index contributed by atoms with van der Waals surface area (Å²) in [5.41, 5.74) is 0.630. The smallest absolute Gasteiger partial charge is 0.257 e. The topological polar surface area (TPSA) is 98.7 Å². The van der Waals surface area contributed by atoms with Gasteiger partial charge in [-0.25, -0.2) is 0 Å². The van der Waals surface area contributed by atoms with Crippen molar-refractivity contribution in [2.45, 2.75) is 19.8 Å². The summed E-state index contributed by atoms with van der Waals surface area (Å²) >= 11 is 0. The van der Waals surface area contributed by atoms with Gasteiger partial charge in [-0.05, 0) is 24.5 Å². The number of nitrogens with one attached hydrogen (secondary N) is 2. The first-order valence-corrected chi connectivity index (χ1v) is 7.51. The van der Waals surface area contributed by atoms with Gasteiger partial charge < -0.3 is 20.6 Å². The molecule has 0 saturated carbocycles. The quantitative estimate of drug-likeness (QED) is 0.769. The normalized spacial score (nSPS) is 17.0. The molecular weight excluding hydrogens is 298 g/mol. The molecule has 1 aliphatic heterocycles. The summed E-state index contributed by atoms with van der Waals surface area (Å²) in [7, 11) is 1.59. The molecule has 23 heavy (non-hydrogen) atoms. The van der Waals surface area contributed by atoms with Gasteiger partial charge in [0, 0.05) is 45.2 Å². The second-order valence-electron chi connectivity index (χ2n) is 5.70. The monoisotopic (exact) mass is 319 g/mol. The van der Waals surface area contributed by atoms with Crippen molar-refractivity contribution in [2.24, 2.45) is 5.92 Å². The summed E-state index contributed by atoms with van der Waals surface area (Å²) in [4.78, 5) is 36.5. The van der Waals surface area contributed by atoms with Gasteiger partial charge in [0.1, 0.15) is 5.75 Å². The number of carbonyl (C=O) groups excluding carboxylic acids is 3. The van der Waals surface area contributed by atoms with Crippen molar-refractivity contribution in [3.05, 3.63) is 23.8 Å². The van der Waals surface area contributed by atoms with E-state index < -0.39 is 0 Å². The zero-order chi connectivity index (χ0) is 17.0. The van der Waals surface area contributed by atoms with Crippen molar-refractivity contribution in [3.63, 3.8) is 0 Å². The molecule has 124 valence electrons. The highest BCUT2D eigenvalue weighted by molar-refractivity contribution is 5.98. The molecule has 7 nitrogen and oxygen atoms in total. The number of hydrogen-bond acceptors (Lipinski definition) is 4. The molecule has 3 N–H and O–H groups in total. The molecule has 1 aromatic rings. The van der Waals surface area contributed by atoms with E-state index in [1.807, 2.05) is 0 Å². The predicted molar refractivity (Wildman–Crippen MR) is 85.1 cm³/mol. The highest BCUT2D eigenvalue weighted by atomic mass is 16.3. The van der Waals surface area contributed by atoms with Gasteiger partial charge in [-0.1, -0.05) is 0 Å². The lowest BCUT2D eigenvalue weighted by Gasteiger charge is -2.17. The molecule has 1 atom stereocenters. The van der Waals surface area contributed by atoms with Crippen molar-refractivity contribution >= 4 is 23.4 Å². The largest absolute Gasteiger partial charge is 0.507 e. The number of rotatable bonds is 4. The van der Waals surface area contributed by atoms with Gasteiger partial charge >= 0.3 is 0 Å². The third kappa shape index (κ3) is 4.21. The fraction of sp³-hybridized carbons (Fsp3) is 0.438. The number of benzene rings is 1. The van der Waals surface area contributed by atoms with Gasteiger partial charge in [-0.2, -0.15) is 0 Å². The van der Waals surface area contributed by atoms with E-state index in [2.05, 4.69) is 10.6 Å². The minimum Gasteiger partial charge on any atom is -0.507 e. The van der Waals surface area contributed by atoms with Gasteiger partial charge in [0.05, 0.1) is 5.56 Å². The first-order valence-electron chi connectivity index (χ1n) is 7.51. The van der Waals surface area contributed by atoms with Gasteiger partial charge in [-0.3, -0.25) is 14.4 Å². The number of anilines is 1. The average Bonchev–Trinajstić information content (AvgIpc) is 2.94. The number of phenolic OH excluding ortho intramolecular Hbond substituents is 1. The molecule has 0 bridgehead atoms. The van der Waals surface area contributed by atoms with Gasteiger partial charge in [-0.15, -0.1) is 0 Å². The molecule has 0 radical (unpaired) electrons. The van der Waals surface area contributed by atoms with E-state index in [1.165, 1.54) is 19.1 Å². The van der Waals surface area contributed by atoms with Crippen molar-refractivity contribution in [3.8, 4) is 5.75 Å². The van der Waals surface area contributed by atoms with Crippen LogP contribution >= 0.6 is 0 Å². The highest BCUT2D eigenvalue weighted by Crippen LogP contribution is 2.27. The number of amides is 3. The molecule has 1 aliphatic rings. The van der Waals surface area contributed by atoms with Gasteiger partial charge in [0.2, 0.25) is 11.8 Å². The number of aromatic hydroxyl groups is 1. The van der Waals surface area contributed by atoms with Crippen LogP contribution in [0.4, 0.5) is 5.69 Å². The van der Waals surface area contributed by atoms with E-state index >= 15 is 0 Å². The first kappa shape index (κ1) is 16.8. The van der Waals surface area contributed by atoms with E-state index in [1.54, 1.807) is 18.0 Å². The zero-order valence-electron chi connectivity index (χ0n) is 13.3. The fourth-order valence-corrected chi connectivity index (χ4v) is 2.71. The molecule has 7 heteroatoms. The standard InChI is InChI=1S/C16H21N3O4/c1-10(20)18-12-3-4-13(14(21)8-12)16(23)19-6-5-11(9-19)7-15(22)17-2/h3-4,8,11,21H,5-7,9H2,1-2H3,(H,17,22)(H,18,20)/t11-/m1/s1. The van der Waals surface area contributed by atoms with Crippen molar-refractivity contribution in [1.29, 1.82) is 0 Å². The Balaban J connectivity index is 2.03. The van der Waals surface area contributed by atoms with Crippen LogP contribution in [0.5, 0.6) is 5.75 Å². The minimum atomic E-state index is -0.267. The predicted octanol–water partition coefficient (Wildman–Crippen LogP) is 0.949. The molecule has 0 unspecified atom stereocenters. The molecule has 0 aliphatic carbocycles. The second kappa shape index (κ2) is 7.13. The molecule has 1 aromatic carbocycles. The Bertz CT molecular complexity index is 630. The van der Waals surface area contributed by atoms with E-state index in [0.29, 0.717) is 25.2 Å². The van der Waals surface area contributed by atoms with Crippen LogP contribution in [0.25, 0.3) is 0 Å². The Hall–Kier alpha value is -2.57. The fourth-order valence-electron chi connectivity index (χ4n) is 2.71. The van der Waals surface area contributed by atoms with Crippen LogP contribution in [0.15, 0.2) is 18.2 Å². The number of nitrogens with zero attached hydrogens (tertiary/aromatic N) is 1. The summed E-state index contributed by atoms with van der Waals surface area (Å²) in [5.74, 6) is -0.584. The maximum Gasteiger partial charge on any atom is 0.257 e. The Morgan fingerprint density at radius 2 is 2.09 bits per heavy atom. The molecule has 2 rings (SSSR count). The zero-order valence-corrected chi connectivity index (χ0v) is 13.3. The van der Waals surface area contributed by atoms with Crippen molar-refractivity contribution in [1.82, 2.24) is 10.2 Å².